The summed E-state index contributed by atoms with van der Waals surface area (Å²) < 4.78 is 5.69. The van der Waals surface area contributed by atoms with E-state index in [1.807, 2.05) is 43.3 Å². The molecule has 2 aliphatic rings. The Balaban J connectivity index is 1.60. The van der Waals surface area contributed by atoms with Crippen molar-refractivity contribution in [2.45, 2.75) is 19.8 Å². The molecule has 2 heterocycles. The molecule has 7 heteroatoms. The van der Waals surface area contributed by atoms with Crippen LogP contribution in [0.2, 0.25) is 0 Å². The van der Waals surface area contributed by atoms with Crippen LogP contribution in [-0.4, -0.2) is 53.1 Å². The lowest BCUT2D eigenvalue weighted by molar-refractivity contribution is -0.135. The second kappa shape index (κ2) is 8.29. The van der Waals surface area contributed by atoms with Gasteiger partial charge in [-0.15, -0.1) is 0 Å². The number of hydrogen-bond acceptors (Lipinski definition) is 5. The van der Waals surface area contributed by atoms with Crippen LogP contribution in [0.25, 0.3) is 16.8 Å². The molecule has 2 aliphatic heterocycles. The zero-order chi connectivity index (χ0) is 20.4. The van der Waals surface area contributed by atoms with Gasteiger partial charge in [-0.05, 0) is 54.6 Å². The molecule has 6 nitrogen and oxygen atoms in total. The number of likely N-dealkylation sites (tertiary alicyclic amines) is 1. The molecule has 0 aliphatic carbocycles. The lowest BCUT2D eigenvalue weighted by atomic mass is 10.0. The van der Waals surface area contributed by atoms with Crippen molar-refractivity contribution in [2.75, 3.05) is 26.2 Å². The number of benzene rings is 2. The van der Waals surface area contributed by atoms with E-state index in [-0.39, 0.29) is 12.5 Å². The fourth-order valence-electron chi connectivity index (χ4n) is 3.68. The van der Waals surface area contributed by atoms with Crippen LogP contribution in [0, 0.1) is 0 Å². The number of imide groups is 1. The van der Waals surface area contributed by atoms with E-state index in [9.17, 15) is 14.4 Å². The van der Waals surface area contributed by atoms with E-state index in [1.54, 1.807) is 11.0 Å². The molecule has 2 aromatic carbocycles. The standard InChI is InChI=1S/C22H22N2O4S/c1-2-28-18-10-9-15(16-7-3-4-8-17(16)18)13-19-21(26)24(22(27)29-19)14-20(25)23-11-5-6-12-23/h3-4,7-10,13H,2,5-6,11-12,14H2,1H3/b19-13+. The lowest BCUT2D eigenvalue weighted by Crippen LogP contribution is -2.40. The van der Waals surface area contributed by atoms with Crippen LogP contribution in [0.3, 0.4) is 0 Å². The molecule has 3 amide bonds. The van der Waals surface area contributed by atoms with Gasteiger partial charge in [0.15, 0.2) is 0 Å². The Bertz CT molecular complexity index is 1010. The van der Waals surface area contributed by atoms with Gasteiger partial charge in [-0.3, -0.25) is 19.3 Å². The predicted octanol–water partition coefficient (Wildman–Crippen LogP) is 3.90. The molecule has 0 N–H and O–H groups in total. The number of rotatable bonds is 5. The molecule has 2 saturated heterocycles. The molecule has 0 saturated carbocycles. The van der Waals surface area contributed by atoms with Crippen molar-refractivity contribution in [1.29, 1.82) is 0 Å². The number of thioether (sulfide) groups is 1. The number of carbonyl (C=O) groups is 3. The predicted molar refractivity (Wildman–Crippen MR) is 114 cm³/mol. The molecule has 4 rings (SSSR count). The zero-order valence-electron chi connectivity index (χ0n) is 16.2. The fraction of sp³-hybridized carbons (Fsp3) is 0.318. The SMILES string of the molecule is CCOc1ccc(/C=C2/SC(=O)N(CC(=O)N3CCCC3)C2=O)c2ccccc12. The smallest absolute Gasteiger partial charge is 0.294 e. The summed E-state index contributed by atoms with van der Waals surface area (Å²) in [5.41, 5.74) is 0.834. The third-order valence-corrected chi connectivity index (χ3v) is 6.04. The highest BCUT2D eigenvalue weighted by molar-refractivity contribution is 8.18. The minimum atomic E-state index is -0.412. The summed E-state index contributed by atoms with van der Waals surface area (Å²) in [5.74, 6) is 0.202. The van der Waals surface area contributed by atoms with E-state index >= 15 is 0 Å². The molecule has 0 radical (unpaired) electrons. The van der Waals surface area contributed by atoms with Crippen LogP contribution in [-0.2, 0) is 9.59 Å². The summed E-state index contributed by atoms with van der Waals surface area (Å²) in [6, 6.07) is 11.6. The fourth-order valence-corrected chi connectivity index (χ4v) is 4.51. The van der Waals surface area contributed by atoms with E-state index in [0.717, 1.165) is 51.6 Å². The van der Waals surface area contributed by atoms with Gasteiger partial charge in [-0.2, -0.15) is 0 Å². The summed E-state index contributed by atoms with van der Waals surface area (Å²) in [6.07, 6.45) is 3.67. The maximum Gasteiger partial charge on any atom is 0.294 e. The largest absolute Gasteiger partial charge is 0.493 e. The number of hydrogen-bond donors (Lipinski definition) is 0. The maximum absolute atomic E-state index is 12.8. The zero-order valence-corrected chi connectivity index (χ0v) is 17.0. The highest BCUT2D eigenvalue weighted by Crippen LogP contribution is 2.35. The molecular weight excluding hydrogens is 388 g/mol. The van der Waals surface area contributed by atoms with E-state index in [2.05, 4.69) is 0 Å². The summed E-state index contributed by atoms with van der Waals surface area (Å²) in [7, 11) is 0. The Morgan fingerprint density at radius 3 is 2.55 bits per heavy atom. The highest BCUT2D eigenvalue weighted by Gasteiger charge is 2.37. The minimum Gasteiger partial charge on any atom is -0.493 e. The van der Waals surface area contributed by atoms with Crippen molar-refractivity contribution in [3.63, 3.8) is 0 Å². The quantitative estimate of drug-likeness (QED) is 0.700. The monoisotopic (exact) mass is 410 g/mol. The average molecular weight is 410 g/mol. The summed E-state index contributed by atoms with van der Waals surface area (Å²) in [5, 5.41) is 1.49. The first kappa shape index (κ1) is 19.5. The van der Waals surface area contributed by atoms with Crippen molar-refractivity contribution in [3.8, 4) is 5.75 Å². The van der Waals surface area contributed by atoms with Crippen LogP contribution in [0.4, 0.5) is 4.79 Å². The second-order valence-electron chi connectivity index (χ2n) is 6.99. The Labute approximate surface area is 173 Å². The van der Waals surface area contributed by atoms with E-state index in [0.29, 0.717) is 24.6 Å². The number of amides is 3. The van der Waals surface area contributed by atoms with Crippen LogP contribution >= 0.6 is 11.8 Å². The Morgan fingerprint density at radius 1 is 1.10 bits per heavy atom. The van der Waals surface area contributed by atoms with Gasteiger partial charge in [0.05, 0.1) is 11.5 Å². The van der Waals surface area contributed by atoms with Gasteiger partial charge < -0.3 is 9.64 Å². The molecule has 0 atom stereocenters. The van der Waals surface area contributed by atoms with Gasteiger partial charge in [-0.1, -0.05) is 30.3 Å². The Morgan fingerprint density at radius 2 is 1.83 bits per heavy atom. The molecule has 0 aromatic heterocycles. The molecule has 2 aromatic rings. The second-order valence-corrected chi connectivity index (χ2v) is 7.98. The first-order valence-corrected chi connectivity index (χ1v) is 10.6. The van der Waals surface area contributed by atoms with E-state index < -0.39 is 11.1 Å². The number of nitrogens with zero attached hydrogens (tertiary/aromatic N) is 2. The molecule has 150 valence electrons. The number of fused-ring (bicyclic) bond motifs is 1. The molecule has 0 bridgehead atoms. The molecule has 0 unspecified atom stereocenters. The first-order chi connectivity index (χ1) is 14.1. The molecular formula is C22H22N2O4S. The normalized spacial score (nSPS) is 18.3. The third kappa shape index (κ3) is 3.87. The average Bonchev–Trinajstić information content (AvgIpc) is 3.35. The van der Waals surface area contributed by atoms with Gasteiger partial charge in [0.2, 0.25) is 5.91 Å². The Hall–Kier alpha value is -2.80. The van der Waals surface area contributed by atoms with Crippen LogP contribution in [0.1, 0.15) is 25.3 Å². The summed E-state index contributed by atoms with van der Waals surface area (Å²) in [6.45, 7) is 3.70. The topological polar surface area (TPSA) is 66.9 Å². The van der Waals surface area contributed by atoms with Crippen LogP contribution in [0.5, 0.6) is 5.75 Å². The van der Waals surface area contributed by atoms with Crippen molar-refractivity contribution >= 4 is 45.7 Å². The van der Waals surface area contributed by atoms with Gasteiger partial charge in [0, 0.05) is 18.5 Å². The first-order valence-electron chi connectivity index (χ1n) is 9.76. The Kier molecular flexibility index (Phi) is 5.58. The van der Waals surface area contributed by atoms with Gasteiger partial charge in [-0.25, -0.2) is 0 Å². The minimum absolute atomic E-state index is 0.169. The van der Waals surface area contributed by atoms with Gasteiger partial charge in [0.1, 0.15) is 12.3 Å². The van der Waals surface area contributed by atoms with Gasteiger partial charge in [0.25, 0.3) is 11.1 Å². The van der Waals surface area contributed by atoms with Gasteiger partial charge >= 0.3 is 0 Å². The highest BCUT2D eigenvalue weighted by atomic mass is 32.2. The summed E-state index contributed by atoms with van der Waals surface area (Å²) in [4.78, 5) is 40.6. The van der Waals surface area contributed by atoms with Crippen LogP contribution < -0.4 is 4.74 Å². The maximum atomic E-state index is 12.8. The van der Waals surface area contributed by atoms with Crippen LogP contribution in [0.15, 0.2) is 41.3 Å². The number of ether oxygens (including phenoxy) is 1. The molecule has 2 fully saturated rings. The molecule has 0 spiro atoms. The number of carbonyl (C=O) groups excluding carboxylic acids is 3. The lowest BCUT2D eigenvalue weighted by Gasteiger charge is -2.18. The van der Waals surface area contributed by atoms with Crippen molar-refractivity contribution in [3.05, 3.63) is 46.9 Å². The van der Waals surface area contributed by atoms with Crippen molar-refractivity contribution in [2.24, 2.45) is 0 Å². The molecule has 29 heavy (non-hydrogen) atoms. The third-order valence-electron chi connectivity index (χ3n) is 5.13. The van der Waals surface area contributed by atoms with E-state index in [4.69, 9.17) is 4.74 Å². The van der Waals surface area contributed by atoms with E-state index in [1.165, 1.54) is 0 Å². The summed E-state index contributed by atoms with van der Waals surface area (Å²) >= 11 is 0.881. The van der Waals surface area contributed by atoms with Crippen molar-refractivity contribution < 1.29 is 19.1 Å². The van der Waals surface area contributed by atoms with Crippen molar-refractivity contribution in [1.82, 2.24) is 9.80 Å².